The van der Waals surface area contributed by atoms with Crippen molar-refractivity contribution in [1.29, 1.82) is 0 Å². The van der Waals surface area contributed by atoms with E-state index in [-0.39, 0.29) is 0 Å². The SMILES string of the molecule is CCC1(C)[C@H]2CC[C@H](C2)[C@H]1N. The van der Waals surface area contributed by atoms with Gasteiger partial charge in [0.25, 0.3) is 0 Å². The minimum Gasteiger partial charge on any atom is -0.327 e. The summed E-state index contributed by atoms with van der Waals surface area (Å²) in [7, 11) is 0. The number of fused-ring (bicyclic) bond motifs is 2. The van der Waals surface area contributed by atoms with Gasteiger partial charge in [-0.1, -0.05) is 13.8 Å². The minimum atomic E-state index is 0.489. The highest BCUT2D eigenvalue weighted by Gasteiger charge is 2.52. The molecule has 2 fully saturated rings. The Labute approximate surface area is 69.4 Å². The van der Waals surface area contributed by atoms with Crippen molar-refractivity contribution in [2.24, 2.45) is 23.0 Å². The van der Waals surface area contributed by atoms with E-state index in [0.717, 1.165) is 11.8 Å². The van der Waals surface area contributed by atoms with Crippen LogP contribution in [0.15, 0.2) is 0 Å². The van der Waals surface area contributed by atoms with Gasteiger partial charge in [-0.2, -0.15) is 0 Å². The fraction of sp³-hybridized carbons (Fsp3) is 1.00. The van der Waals surface area contributed by atoms with E-state index in [2.05, 4.69) is 13.8 Å². The highest BCUT2D eigenvalue weighted by molar-refractivity contribution is 5.05. The lowest BCUT2D eigenvalue weighted by Gasteiger charge is -2.38. The zero-order valence-corrected chi connectivity index (χ0v) is 7.64. The van der Waals surface area contributed by atoms with Crippen LogP contribution in [0.25, 0.3) is 0 Å². The summed E-state index contributed by atoms with van der Waals surface area (Å²) in [5, 5.41) is 0. The molecule has 0 aromatic heterocycles. The average Bonchev–Trinajstić information content (AvgIpc) is 2.56. The average molecular weight is 153 g/mol. The lowest BCUT2D eigenvalue weighted by molar-refractivity contribution is 0.149. The summed E-state index contributed by atoms with van der Waals surface area (Å²) in [4.78, 5) is 0. The second kappa shape index (κ2) is 2.22. The van der Waals surface area contributed by atoms with Crippen molar-refractivity contribution in [2.75, 3.05) is 0 Å². The first kappa shape index (κ1) is 7.60. The number of hydrogen-bond donors (Lipinski definition) is 1. The van der Waals surface area contributed by atoms with E-state index in [1.165, 1.54) is 25.7 Å². The Morgan fingerprint density at radius 3 is 2.55 bits per heavy atom. The van der Waals surface area contributed by atoms with Crippen LogP contribution in [0.2, 0.25) is 0 Å². The lowest BCUT2D eigenvalue weighted by atomic mass is 9.70. The van der Waals surface area contributed by atoms with Gasteiger partial charge in [-0.25, -0.2) is 0 Å². The van der Waals surface area contributed by atoms with Crippen LogP contribution in [0.1, 0.15) is 39.5 Å². The molecule has 0 aromatic rings. The molecule has 2 saturated carbocycles. The van der Waals surface area contributed by atoms with Crippen LogP contribution in [0.3, 0.4) is 0 Å². The molecule has 1 heteroatoms. The highest BCUT2D eigenvalue weighted by atomic mass is 14.8. The van der Waals surface area contributed by atoms with Gasteiger partial charge in [0.2, 0.25) is 0 Å². The predicted octanol–water partition coefficient (Wildman–Crippen LogP) is 2.16. The molecule has 0 aromatic carbocycles. The molecular formula is C10H19N. The Bertz CT molecular complexity index is 162. The molecule has 64 valence electrons. The van der Waals surface area contributed by atoms with Gasteiger partial charge >= 0.3 is 0 Å². The van der Waals surface area contributed by atoms with Crippen molar-refractivity contribution in [1.82, 2.24) is 0 Å². The van der Waals surface area contributed by atoms with E-state index in [4.69, 9.17) is 5.73 Å². The molecule has 4 atom stereocenters. The third-order valence-corrected chi connectivity index (χ3v) is 4.44. The first-order valence-electron chi connectivity index (χ1n) is 4.94. The molecule has 1 unspecified atom stereocenters. The Morgan fingerprint density at radius 1 is 1.45 bits per heavy atom. The topological polar surface area (TPSA) is 26.0 Å². The van der Waals surface area contributed by atoms with Crippen LogP contribution < -0.4 is 5.73 Å². The fourth-order valence-corrected chi connectivity index (χ4v) is 3.28. The maximum absolute atomic E-state index is 6.21. The van der Waals surface area contributed by atoms with E-state index < -0.39 is 0 Å². The maximum atomic E-state index is 6.21. The quantitative estimate of drug-likeness (QED) is 0.614. The first-order chi connectivity index (χ1) is 5.18. The van der Waals surface area contributed by atoms with Gasteiger partial charge < -0.3 is 5.73 Å². The summed E-state index contributed by atoms with van der Waals surface area (Å²) in [6.45, 7) is 4.68. The molecule has 11 heavy (non-hydrogen) atoms. The fourth-order valence-electron chi connectivity index (χ4n) is 3.28. The van der Waals surface area contributed by atoms with Crippen LogP contribution in [0.4, 0.5) is 0 Å². The standard InChI is InChI=1S/C10H19N/c1-3-10(2)8-5-4-7(6-8)9(10)11/h7-9H,3-6,11H2,1-2H3/t7-,8+,9-,10?/m1/s1. The summed E-state index contributed by atoms with van der Waals surface area (Å²) in [5.41, 5.74) is 6.70. The Morgan fingerprint density at radius 2 is 2.18 bits per heavy atom. The van der Waals surface area contributed by atoms with E-state index in [1.807, 2.05) is 0 Å². The number of nitrogens with two attached hydrogens (primary N) is 1. The van der Waals surface area contributed by atoms with Gasteiger partial charge in [0.05, 0.1) is 0 Å². The van der Waals surface area contributed by atoms with Gasteiger partial charge in [0.1, 0.15) is 0 Å². The van der Waals surface area contributed by atoms with Crippen LogP contribution >= 0.6 is 0 Å². The maximum Gasteiger partial charge on any atom is 0.0124 e. The molecule has 2 aliphatic rings. The van der Waals surface area contributed by atoms with Gasteiger partial charge in [-0.05, 0) is 42.9 Å². The van der Waals surface area contributed by atoms with Crippen LogP contribution in [0.5, 0.6) is 0 Å². The summed E-state index contributed by atoms with van der Waals surface area (Å²) in [6.07, 6.45) is 5.55. The molecule has 0 amide bonds. The summed E-state index contributed by atoms with van der Waals surface area (Å²) in [6, 6.07) is 0.506. The second-order valence-corrected chi connectivity index (χ2v) is 4.66. The van der Waals surface area contributed by atoms with E-state index in [9.17, 15) is 0 Å². The van der Waals surface area contributed by atoms with Gasteiger partial charge in [0, 0.05) is 6.04 Å². The number of rotatable bonds is 1. The van der Waals surface area contributed by atoms with E-state index in [0.29, 0.717) is 11.5 Å². The largest absolute Gasteiger partial charge is 0.327 e. The molecule has 0 aliphatic heterocycles. The molecule has 0 saturated heterocycles. The van der Waals surface area contributed by atoms with Crippen molar-refractivity contribution >= 4 is 0 Å². The first-order valence-corrected chi connectivity index (χ1v) is 4.94. The molecular weight excluding hydrogens is 134 g/mol. The summed E-state index contributed by atoms with van der Waals surface area (Å²) < 4.78 is 0. The molecule has 0 radical (unpaired) electrons. The smallest absolute Gasteiger partial charge is 0.0124 e. The van der Waals surface area contributed by atoms with Crippen molar-refractivity contribution in [3.63, 3.8) is 0 Å². The van der Waals surface area contributed by atoms with Gasteiger partial charge in [-0.3, -0.25) is 0 Å². The lowest BCUT2D eigenvalue weighted by Crippen LogP contribution is -2.43. The van der Waals surface area contributed by atoms with Crippen molar-refractivity contribution in [2.45, 2.75) is 45.6 Å². The molecule has 2 N–H and O–H groups in total. The van der Waals surface area contributed by atoms with Crippen LogP contribution in [-0.2, 0) is 0 Å². The molecule has 0 spiro atoms. The normalized spacial score (nSPS) is 55.4. The summed E-state index contributed by atoms with van der Waals surface area (Å²) >= 11 is 0. The molecule has 0 heterocycles. The summed E-state index contributed by atoms with van der Waals surface area (Å²) in [5.74, 6) is 1.82. The zero-order chi connectivity index (χ0) is 8.06. The molecule has 1 nitrogen and oxygen atoms in total. The molecule has 2 rings (SSSR count). The third kappa shape index (κ3) is 0.807. The highest BCUT2D eigenvalue weighted by Crippen LogP contribution is 2.56. The zero-order valence-electron chi connectivity index (χ0n) is 7.64. The van der Waals surface area contributed by atoms with Crippen molar-refractivity contribution < 1.29 is 0 Å². The van der Waals surface area contributed by atoms with Crippen LogP contribution in [-0.4, -0.2) is 6.04 Å². The molecule has 2 aliphatic carbocycles. The third-order valence-electron chi connectivity index (χ3n) is 4.44. The van der Waals surface area contributed by atoms with Crippen LogP contribution in [0, 0.1) is 17.3 Å². The monoisotopic (exact) mass is 153 g/mol. The minimum absolute atomic E-state index is 0.489. The molecule has 2 bridgehead atoms. The van der Waals surface area contributed by atoms with E-state index in [1.54, 1.807) is 0 Å². The predicted molar refractivity (Wildman–Crippen MR) is 47.2 cm³/mol. The number of hydrogen-bond acceptors (Lipinski definition) is 1. The van der Waals surface area contributed by atoms with Gasteiger partial charge in [0.15, 0.2) is 0 Å². The Kier molecular flexibility index (Phi) is 1.54. The van der Waals surface area contributed by atoms with Gasteiger partial charge in [-0.15, -0.1) is 0 Å². The van der Waals surface area contributed by atoms with Crippen molar-refractivity contribution in [3.05, 3.63) is 0 Å². The van der Waals surface area contributed by atoms with Crippen molar-refractivity contribution in [3.8, 4) is 0 Å². The Balaban J connectivity index is 2.23. The second-order valence-electron chi connectivity index (χ2n) is 4.66. The Hall–Kier alpha value is -0.0400. The van der Waals surface area contributed by atoms with E-state index >= 15 is 0 Å².